The van der Waals surface area contributed by atoms with Gasteiger partial charge in [-0.25, -0.2) is 4.79 Å². The molecule has 0 saturated heterocycles. The number of aliphatic carboxylic acids is 1. The molecule has 0 aromatic heterocycles. The molecule has 0 aliphatic heterocycles. The van der Waals surface area contributed by atoms with E-state index >= 15 is 0 Å². The van der Waals surface area contributed by atoms with E-state index in [2.05, 4.69) is 4.74 Å². The van der Waals surface area contributed by atoms with Gasteiger partial charge in [-0.1, -0.05) is 44.2 Å². The zero-order valence-electron chi connectivity index (χ0n) is 14.0. The van der Waals surface area contributed by atoms with E-state index < -0.39 is 24.2 Å². The molecule has 1 aromatic carbocycles. The molecule has 1 atom stereocenters. The average Bonchev–Trinajstić information content (AvgIpc) is 2.57. The van der Waals surface area contributed by atoms with Crippen molar-refractivity contribution in [3.05, 3.63) is 35.9 Å². The molecule has 0 aliphatic carbocycles. The number of likely N-dealkylation sites (N-methyl/N-ethyl adjacent to an activating group) is 1. The van der Waals surface area contributed by atoms with Crippen LogP contribution in [-0.2, 0) is 20.9 Å². The molecule has 0 aliphatic rings. The number of benzene rings is 1. The Labute approximate surface area is 143 Å². The Kier molecular flexibility index (Phi) is 10.5. The van der Waals surface area contributed by atoms with Crippen LogP contribution in [0.25, 0.3) is 0 Å². The predicted molar refractivity (Wildman–Crippen MR) is 83.7 cm³/mol. The molecular formula is C16H22F3NO5. The van der Waals surface area contributed by atoms with Crippen molar-refractivity contribution in [1.29, 1.82) is 0 Å². The van der Waals surface area contributed by atoms with Crippen molar-refractivity contribution in [1.82, 2.24) is 4.90 Å². The number of aliphatic hydroxyl groups excluding tert-OH is 1. The normalized spacial score (nSPS) is 12.1. The van der Waals surface area contributed by atoms with Gasteiger partial charge >= 0.3 is 18.1 Å². The van der Waals surface area contributed by atoms with Crippen LogP contribution in [0.4, 0.5) is 13.2 Å². The molecule has 0 heterocycles. The summed E-state index contributed by atoms with van der Waals surface area (Å²) < 4.78 is 39.1. The summed E-state index contributed by atoms with van der Waals surface area (Å²) in [7, 11) is 0. The fourth-order valence-corrected chi connectivity index (χ4v) is 1.82. The zero-order valence-corrected chi connectivity index (χ0v) is 14.0. The van der Waals surface area contributed by atoms with E-state index in [1.165, 1.54) is 0 Å². The molecule has 6 nitrogen and oxygen atoms in total. The van der Waals surface area contributed by atoms with Gasteiger partial charge in [0.15, 0.2) is 0 Å². The van der Waals surface area contributed by atoms with E-state index in [0.717, 1.165) is 0 Å². The van der Waals surface area contributed by atoms with Crippen LogP contribution in [-0.4, -0.2) is 59.0 Å². The molecule has 25 heavy (non-hydrogen) atoms. The average molecular weight is 365 g/mol. The first-order valence-electron chi connectivity index (χ1n) is 7.52. The number of halogens is 3. The van der Waals surface area contributed by atoms with Crippen LogP contribution in [0.3, 0.4) is 0 Å². The lowest BCUT2D eigenvalue weighted by atomic mass is 10.2. The number of carboxylic acids is 1. The quantitative estimate of drug-likeness (QED) is 0.720. The number of hydrogen-bond donors (Lipinski definition) is 2. The first-order valence-corrected chi connectivity index (χ1v) is 7.52. The molecule has 0 spiro atoms. The summed E-state index contributed by atoms with van der Waals surface area (Å²) in [5.74, 6) is -3.13. The van der Waals surface area contributed by atoms with Gasteiger partial charge < -0.3 is 14.9 Å². The summed E-state index contributed by atoms with van der Waals surface area (Å²) in [6.45, 7) is 4.35. The van der Waals surface area contributed by atoms with Crippen LogP contribution in [0.1, 0.15) is 19.4 Å². The van der Waals surface area contributed by atoms with E-state index in [0.29, 0.717) is 18.7 Å². The number of carbonyl (C=O) groups is 2. The highest BCUT2D eigenvalue weighted by molar-refractivity contribution is 5.75. The highest BCUT2D eigenvalue weighted by Crippen LogP contribution is 2.17. The molecule has 1 aromatic rings. The number of rotatable bonds is 7. The Morgan fingerprint density at radius 1 is 1.16 bits per heavy atom. The minimum Gasteiger partial charge on any atom is -0.480 e. The third kappa shape index (κ3) is 9.06. The van der Waals surface area contributed by atoms with Gasteiger partial charge in [0.25, 0.3) is 0 Å². The summed E-state index contributed by atoms with van der Waals surface area (Å²) in [5.41, 5.74) is 0.519. The smallest absolute Gasteiger partial charge is 0.480 e. The minimum atomic E-state index is -4.92. The van der Waals surface area contributed by atoms with Crippen molar-refractivity contribution in [2.75, 3.05) is 19.7 Å². The van der Waals surface area contributed by atoms with E-state index in [9.17, 15) is 22.8 Å². The second-order valence-electron chi connectivity index (χ2n) is 4.82. The number of carbonyl (C=O) groups excluding carboxylic acids is 1. The minimum absolute atomic E-state index is 0.322. The predicted octanol–water partition coefficient (Wildman–Crippen LogP) is 2.07. The SMILES string of the molecule is CCN(CC)[C@H](CO)C(=O)O.O=C(OCc1ccccc1)C(F)(F)F. The Hall–Kier alpha value is -2.13. The largest absolute Gasteiger partial charge is 0.490 e. The highest BCUT2D eigenvalue weighted by atomic mass is 19.4. The molecule has 9 heteroatoms. The van der Waals surface area contributed by atoms with E-state index in [4.69, 9.17) is 10.2 Å². The Morgan fingerprint density at radius 3 is 2.00 bits per heavy atom. The molecule has 2 N–H and O–H groups in total. The van der Waals surface area contributed by atoms with Crippen molar-refractivity contribution in [3.8, 4) is 0 Å². The third-order valence-corrected chi connectivity index (χ3v) is 3.16. The zero-order chi connectivity index (χ0) is 19.5. The Balaban J connectivity index is 0.000000477. The molecule has 142 valence electrons. The second-order valence-corrected chi connectivity index (χ2v) is 4.82. The third-order valence-electron chi connectivity index (χ3n) is 3.16. The number of esters is 1. The monoisotopic (exact) mass is 365 g/mol. The molecule has 0 fully saturated rings. The number of carboxylic acid groups (broad SMARTS) is 1. The fourth-order valence-electron chi connectivity index (χ4n) is 1.82. The molecule has 0 unspecified atom stereocenters. The first-order chi connectivity index (χ1) is 11.7. The number of aliphatic hydroxyl groups is 1. The number of nitrogens with zero attached hydrogens (tertiary/aromatic N) is 1. The Morgan fingerprint density at radius 2 is 1.68 bits per heavy atom. The van der Waals surface area contributed by atoms with Crippen molar-refractivity contribution in [2.45, 2.75) is 32.7 Å². The topological polar surface area (TPSA) is 87.1 Å². The summed E-state index contributed by atoms with van der Waals surface area (Å²) in [6.07, 6.45) is -4.92. The van der Waals surface area contributed by atoms with Crippen LogP contribution < -0.4 is 0 Å². The van der Waals surface area contributed by atoms with Crippen molar-refractivity contribution in [2.24, 2.45) is 0 Å². The van der Waals surface area contributed by atoms with Crippen LogP contribution in [0.5, 0.6) is 0 Å². The lowest BCUT2D eigenvalue weighted by Crippen LogP contribution is -2.43. The molecule has 0 amide bonds. The van der Waals surface area contributed by atoms with Crippen molar-refractivity contribution in [3.63, 3.8) is 0 Å². The number of ether oxygens (including phenoxy) is 1. The maximum absolute atomic E-state index is 11.7. The highest BCUT2D eigenvalue weighted by Gasteiger charge is 2.40. The number of hydrogen-bond acceptors (Lipinski definition) is 5. The second kappa shape index (κ2) is 11.4. The maximum atomic E-state index is 11.7. The summed E-state index contributed by atoms with van der Waals surface area (Å²) in [6, 6.07) is 7.42. The lowest BCUT2D eigenvalue weighted by molar-refractivity contribution is -0.201. The molecule has 0 bridgehead atoms. The van der Waals surface area contributed by atoms with Gasteiger partial charge in [0, 0.05) is 0 Å². The van der Waals surface area contributed by atoms with Gasteiger partial charge in [0.2, 0.25) is 0 Å². The lowest BCUT2D eigenvalue weighted by Gasteiger charge is -2.23. The maximum Gasteiger partial charge on any atom is 0.490 e. The van der Waals surface area contributed by atoms with Crippen LogP contribution >= 0.6 is 0 Å². The summed E-state index contributed by atoms with van der Waals surface area (Å²) in [4.78, 5) is 22.5. The molecule has 0 saturated carbocycles. The van der Waals surface area contributed by atoms with E-state index in [1.54, 1.807) is 35.2 Å². The first kappa shape index (κ1) is 22.9. The van der Waals surface area contributed by atoms with Gasteiger partial charge in [-0.2, -0.15) is 13.2 Å². The summed E-state index contributed by atoms with van der Waals surface area (Å²) >= 11 is 0. The van der Waals surface area contributed by atoms with E-state index in [-0.39, 0.29) is 13.2 Å². The van der Waals surface area contributed by atoms with Crippen molar-refractivity contribution < 1.29 is 37.7 Å². The van der Waals surface area contributed by atoms with Crippen LogP contribution in [0.15, 0.2) is 30.3 Å². The molecule has 0 radical (unpaired) electrons. The van der Waals surface area contributed by atoms with Gasteiger partial charge in [0.05, 0.1) is 6.61 Å². The standard InChI is InChI=1S/C9H7F3O2.C7H15NO3/c10-9(11,12)8(13)14-6-7-4-2-1-3-5-7;1-3-8(4-2)6(5-9)7(10)11/h1-5H,6H2;6,9H,3-5H2,1-2H3,(H,10,11)/t;6-/m.1/s1. The number of alkyl halides is 3. The van der Waals surface area contributed by atoms with Crippen molar-refractivity contribution >= 4 is 11.9 Å². The van der Waals surface area contributed by atoms with Crippen LogP contribution in [0, 0.1) is 0 Å². The fraction of sp³-hybridized carbons (Fsp3) is 0.500. The Bertz CT molecular complexity index is 518. The molecule has 1 rings (SSSR count). The van der Waals surface area contributed by atoms with Gasteiger partial charge in [-0.3, -0.25) is 9.69 Å². The van der Waals surface area contributed by atoms with Gasteiger partial charge in [0.1, 0.15) is 12.6 Å². The van der Waals surface area contributed by atoms with Gasteiger partial charge in [-0.15, -0.1) is 0 Å². The van der Waals surface area contributed by atoms with Gasteiger partial charge in [-0.05, 0) is 18.7 Å². The summed E-state index contributed by atoms with van der Waals surface area (Å²) in [5, 5.41) is 17.3. The van der Waals surface area contributed by atoms with E-state index in [1.807, 2.05) is 13.8 Å². The van der Waals surface area contributed by atoms with Crippen LogP contribution in [0.2, 0.25) is 0 Å². The molecular weight excluding hydrogens is 343 g/mol.